The van der Waals surface area contributed by atoms with Gasteiger partial charge in [0, 0.05) is 18.2 Å². The highest BCUT2D eigenvalue weighted by Crippen LogP contribution is 2.19. The highest BCUT2D eigenvalue weighted by atomic mass is 19.1. The molecule has 2 atom stereocenters. The first-order chi connectivity index (χ1) is 9.08. The zero-order valence-electron chi connectivity index (χ0n) is 10.9. The molecule has 0 bridgehead atoms. The fourth-order valence-corrected chi connectivity index (χ4v) is 2.34. The molecule has 1 aromatic rings. The molecule has 0 spiro atoms. The molecule has 1 amide bonds. The third-order valence-corrected chi connectivity index (χ3v) is 3.46. The second-order valence-corrected chi connectivity index (χ2v) is 4.94. The molecule has 1 aliphatic heterocycles. The predicted molar refractivity (Wildman–Crippen MR) is 68.5 cm³/mol. The van der Waals surface area contributed by atoms with Crippen LogP contribution in [0, 0.1) is 17.6 Å². The number of nitrogens with one attached hydrogen (secondary N) is 2. The van der Waals surface area contributed by atoms with Crippen molar-refractivity contribution in [1.82, 2.24) is 10.6 Å². The summed E-state index contributed by atoms with van der Waals surface area (Å²) in [6, 6.07) is 2.94. The van der Waals surface area contributed by atoms with Crippen molar-refractivity contribution in [2.24, 2.45) is 5.92 Å². The number of rotatable bonds is 3. The lowest BCUT2D eigenvalue weighted by Gasteiger charge is -2.24. The first-order valence-corrected chi connectivity index (χ1v) is 6.54. The Kier molecular flexibility index (Phi) is 4.47. The molecule has 0 aromatic heterocycles. The Hall–Kier alpha value is -1.49. The number of carbonyl (C=O) groups is 1. The smallest absolute Gasteiger partial charge is 0.224 e. The van der Waals surface area contributed by atoms with E-state index in [-0.39, 0.29) is 11.8 Å². The van der Waals surface area contributed by atoms with E-state index in [9.17, 15) is 13.6 Å². The van der Waals surface area contributed by atoms with Gasteiger partial charge in [-0.2, -0.15) is 0 Å². The molecule has 1 aliphatic rings. The molecule has 5 heteroatoms. The van der Waals surface area contributed by atoms with Crippen LogP contribution in [-0.4, -0.2) is 19.0 Å². The number of hydrogen-bond donors (Lipinski definition) is 2. The zero-order valence-corrected chi connectivity index (χ0v) is 10.9. The first-order valence-electron chi connectivity index (χ1n) is 6.54. The standard InChI is InChI=1S/C14H18F2N2O/c1-9(12-5-4-11(15)7-13(12)16)18-14(19)10-3-2-6-17-8-10/h4-5,7,9-10,17H,2-3,6,8H2,1H3,(H,18,19)/t9?,10-/m1/s1. The molecule has 2 N–H and O–H groups in total. The largest absolute Gasteiger partial charge is 0.349 e. The Morgan fingerprint density at radius 3 is 2.89 bits per heavy atom. The van der Waals surface area contributed by atoms with Gasteiger partial charge in [-0.25, -0.2) is 8.78 Å². The van der Waals surface area contributed by atoms with E-state index in [0.29, 0.717) is 12.1 Å². The van der Waals surface area contributed by atoms with Gasteiger partial charge in [-0.3, -0.25) is 4.79 Å². The van der Waals surface area contributed by atoms with Gasteiger partial charge in [0.25, 0.3) is 0 Å². The molecule has 104 valence electrons. The van der Waals surface area contributed by atoms with Gasteiger partial charge in [0.05, 0.1) is 12.0 Å². The van der Waals surface area contributed by atoms with Gasteiger partial charge >= 0.3 is 0 Å². The van der Waals surface area contributed by atoms with Crippen molar-refractivity contribution < 1.29 is 13.6 Å². The fourth-order valence-electron chi connectivity index (χ4n) is 2.34. The summed E-state index contributed by atoms with van der Waals surface area (Å²) in [6.45, 7) is 3.29. The van der Waals surface area contributed by atoms with E-state index in [1.807, 2.05) is 0 Å². The van der Waals surface area contributed by atoms with Gasteiger partial charge in [-0.15, -0.1) is 0 Å². The maximum atomic E-state index is 13.6. The van der Waals surface area contributed by atoms with Crippen LogP contribution in [0.2, 0.25) is 0 Å². The number of carbonyl (C=O) groups excluding carboxylic acids is 1. The summed E-state index contributed by atoms with van der Waals surface area (Å²) in [4.78, 5) is 12.0. The summed E-state index contributed by atoms with van der Waals surface area (Å²) in [7, 11) is 0. The minimum atomic E-state index is -0.630. The van der Waals surface area contributed by atoms with Gasteiger partial charge in [0.1, 0.15) is 11.6 Å². The Morgan fingerprint density at radius 1 is 1.47 bits per heavy atom. The minimum Gasteiger partial charge on any atom is -0.349 e. The van der Waals surface area contributed by atoms with Crippen molar-refractivity contribution in [3.63, 3.8) is 0 Å². The molecule has 1 saturated heterocycles. The van der Waals surface area contributed by atoms with Crippen molar-refractivity contribution >= 4 is 5.91 Å². The average Bonchev–Trinajstić information content (AvgIpc) is 2.39. The van der Waals surface area contributed by atoms with Crippen LogP contribution in [0.3, 0.4) is 0 Å². The van der Waals surface area contributed by atoms with Gasteiger partial charge in [0.2, 0.25) is 5.91 Å². The van der Waals surface area contributed by atoms with Crippen molar-refractivity contribution in [2.75, 3.05) is 13.1 Å². The van der Waals surface area contributed by atoms with E-state index in [2.05, 4.69) is 10.6 Å². The molecule has 1 heterocycles. The van der Waals surface area contributed by atoms with Crippen LogP contribution >= 0.6 is 0 Å². The molecule has 0 saturated carbocycles. The van der Waals surface area contributed by atoms with Gasteiger partial charge in [-0.1, -0.05) is 6.07 Å². The van der Waals surface area contributed by atoms with Gasteiger partial charge in [0.15, 0.2) is 0 Å². The maximum Gasteiger partial charge on any atom is 0.224 e. The normalized spacial score (nSPS) is 20.9. The molecule has 19 heavy (non-hydrogen) atoms. The summed E-state index contributed by atoms with van der Waals surface area (Å²) in [5, 5.41) is 5.95. The molecule has 0 aliphatic carbocycles. The second kappa shape index (κ2) is 6.10. The van der Waals surface area contributed by atoms with Gasteiger partial charge in [-0.05, 0) is 32.4 Å². The van der Waals surface area contributed by atoms with Crippen LogP contribution in [0.1, 0.15) is 31.4 Å². The third kappa shape index (κ3) is 3.50. The monoisotopic (exact) mass is 268 g/mol. The summed E-state index contributed by atoms with van der Waals surface area (Å²) < 4.78 is 26.4. The molecular weight excluding hydrogens is 250 g/mol. The third-order valence-electron chi connectivity index (χ3n) is 3.46. The first kappa shape index (κ1) is 13.9. The van der Waals surface area contributed by atoms with E-state index < -0.39 is 17.7 Å². The average molecular weight is 268 g/mol. The lowest BCUT2D eigenvalue weighted by molar-refractivity contribution is -0.126. The summed E-state index contributed by atoms with van der Waals surface area (Å²) in [5.74, 6) is -1.39. The maximum absolute atomic E-state index is 13.6. The van der Waals surface area contributed by atoms with Crippen LogP contribution < -0.4 is 10.6 Å². The predicted octanol–water partition coefficient (Wildman–Crippen LogP) is 2.14. The lowest BCUT2D eigenvalue weighted by atomic mass is 9.98. The second-order valence-electron chi connectivity index (χ2n) is 4.94. The topological polar surface area (TPSA) is 41.1 Å². The quantitative estimate of drug-likeness (QED) is 0.882. The summed E-state index contributed by atoms with van der Waals surface area (Å²) >= 11 is 0. The van der Waals surface area contributed by atoms with Crippen molar-refractivity contribution in [2.45, 2.75) is 25.8 Å². The van der Waals surface area contributed by atoms with Crippen LogP contribution in [0.5, 0.6) is 0 Å². The van der Waals surface area contributed by atoms with E-state index in [1.54, 1.807) is 6.92 Å². The van der Waals surface area contributed by atoms with E-state index in [0.717, 1.165) is 25.5 Å². The van der Waals surface area contributed by atoms with Crippen LogP contribution in [0.15, 0.2) is 18.2 Å². The van der Waals surface area contributed by atoms with Crippen LogP contribution in [0.25, 0.3) is 0 Å². The Morgan fingerprint density at radius 2 is 2.26 bits per heavy atom. The minimum absolute atomic E-state index is 0.0697. The fraction of sp³-hybridized carbons (Fsp3) is 0.500. The molecule has 1 unspecified atom stereocenters. The van der Waals surface area contributed by atoms with Crippen LogP contribution in [0.4, 0.5) is 8.78 Å². The highest BCUT2D eigenvalue weighted by Gasteiger charge is 2.23. The number of hydrogen-bond acceptors (Lipinski definition) is 2. The molecular formula is C14H18F2N2O. The van der Waals surface area contributed by atoms with E-state index in [1.165, 1.54) is 12.1 Å². The number of halogens is 2. The molecule has 0 radical (unpaired) electrons. The lowest BCUT2D eigenvalue weighted by Crippen LogP contribution is -2.41. The Bertz CT molecular complexity index is 459. The summed E-state index contributed by atoms with van der Waals surface area (Å²) in [5.41, 5.74) is 0.304. The number of amides is 1. The van der Waals surface area contributed by atoms with Crippen molar-refractivity contribution in [3.05, 3.63) is 35.4 Å². The number of benzene rings is 1. The molecule has 3 nitrogen and oxygen atoms in total. The molecule has 1 fully saturated rings. The number of piperidine rings is 1. The Balaban J connectivity index is 1.99. The van der Waals surface area contributed by atoms with E-state index >= 15 is 0 Å². The summed E-state index contributed by atoms with van der Waals surface area (Å²) in [6.07, 6.45) is 1.81. The molecule has 2 rings (SSSR count). The Labute approximate surface area is 111 Å². The van der Waals surface area contributed by atoms with Crippen molar-refractivity contribution in [1.29, 1.82) is 0 Å². The van der Waals surface area contributed by atoms with Crippen LogP contribution in [-0.2, 0) is 4.79 Å². The zero-order chi connectivity index (χ0) is 13.8. The SMILES string of the molecule is CC(NC(=O)[C@@H]1CCCNC1)c1ccc(F)cc1F. The van der Waals surface area contributed by atoms with E-state index in [4.69, 9.17) is 0 Å². The van der Waals surface area contributed by atoms with Crippen molar-refractivity contribution in [3.8, 4) is 0 Å². The van der Waals surface area contributed by atoms with Gasteiger partial charge < -0.3 is 10.6 Å². The molecule has 1 aromatic carbocycles. The highest BCUT2D eigenvalue weighted by molar-refractivity contribution is 5.79.